The van der Waals surface area contributed by atoms with Gasteiger partial charge in [-0.25, -0.2) is 4.39 Å². The molecule has 0 saturated heterocycles. The molecule has 0 unspecified atom stereocenters. The molecular weight excluding hydrogens is 237 g/mol. The van der Waals surface area contributed by atoms with E-state index >= 15 is 0 Å². The Morgan fingerprint density at radius 1 is 1.62 bits per heavy atom. The highest BCUT2D eigenvalue weighted by molar-refractivity contribution is 9.10. The van der Waals surface area contributed by atoms with E-state index in [-0.39, 0.29) is 5.82 Å². The first-order chi connectivity index (χ1) is 6.09. The Bertz CT molecular complexity index is 291. The first kappa shape index (κ1) is 10.5. The quantitative estimate of drug-likeness (QED) is 0.860. The zero-order chi connectivity index (χ0) is 9.84. The SMILES string of the molecule is C[C@H](O)CNc1ccc(F)c(Br)c1. The smallest absolute Gasteiger partial charge is 0.137 e. The van der Waals surface area contributed by atoms with Gasteiger partial charge in [-0.2, -0.15) is 0 Å². The van der Waals surface area contributed by atoms with Gasteiger partial charge in [-0.1, -0.05) is 0 Å². The average Bonchev–Trinajstić information content (AvgIpc) is 2.07. The van der Waals surface area contributed by atoms with Crippen LogP contribution in [0.4, 0.5) is 10.1 Å². The summed E-state index contributed by atoms with van der Waals surface area (Å²) < 4.78 is 13.2. The molecule has 0 aliphatic rings. The van der Waals surface area contributed by atoms with Crippen molar-refractivity contribution >= 4 is 21.6 Å². The van der Waals surface area contributed by atoms with Crippen LogP contribution < -0.4 is 5.32 Å². The van der Waals surface area contributed by atoms with Crippen molar-refractivity contribution in [2.24, 2.45) is 0 Å². The summed E-state index contributed by atoms with van der Waals surface area (Å²) in [7, 11) is 0. The topological polar surface area (TPSA) is 32.3 Å². The highest BCUT2D eigenvalue weighted by Crippen LogP contribution is 2.19. The molecular formula is C9H11BrFNO. The summed E-state index contributed by atoms with van der Waals surface area (Å²) in [6, 6.07) is 4.63. The predicted molar refractivity (Wildman–Crippen MR) is 54.3 cm³/mol. The first-order valence-electron chi connectivity index (χ1n) is 3.96. The van der Waals surface area contributed by atoms with Crippen LogP contribution >= 0.6 is 15.9 Å². The summed E-state index contributed by atoms with van der Waals surface area (Å²) in [5.41, 5.74) is 0.786. The second-order valence-corrected chi connectivity index (χ2v) is 3.71. The average molecular weight is 248 g/mol. The minimum Gasteiger partial charge on any atom is -0.392 e. The first-order valence-corrected chi connectivity index (χ1v) is 4.76. The number of hydrogen-bond acceptors (Lipinski definition) is 2. The maximum atomic E-state index is 12.8. The molecule has 0 fully saturated rings. The molecule has 0 amide bonds. The minimum absolute atomic E-state index is 0.289. The van der Waals surface area contributed by atoms with Gasteiger partial charge in [0.25, 0.3) is 0 Å². The van der Waals surface area contributed by atoms with Crippen LogP contribution in [-0.2, 0) is 0 Å². The van der Waals surface area contributed by atoms with Gasteiger partial charge in [0.05, 0.1) is 10.6 Å². The summed E-state index contributed by atoms with van der Waals surface area (Å²) in [5, 5.41) is 12.0. The van der Waals surface area contributed by atoms with Crippen LogP contribution in [0.3, 0.4) is 0 Å². The third-order valence-corrected chi connectivity index (χ3v) is 2.13. The lowest BCUT2D eigenvalue weighted by Crippen LogP contribution is -2.15. The minimum atomic E-state index is -0.413. The fourth-order valence-corrected chi connectivity index (χ4v) is 1.25. The zero-order valence-electron chi connectivity index (χ0n) is 7.22. The fourth-order valence-electron chi connectivity index (χ4n) is 0.872. The van der Waals surface area contributed by atoms with E-state index in [9.17, 15) is 4.39 Å². The molecule has 0 spiro atoms. The van der Waals surface area contributed by atoms with E-state index in [0.717, 1.165) is 5.69 Å². The molecule has 0 radical (unpaired) electrons. The van der Waals surface area contributed by atoms with Gasteiger partial charge < -0.3 is 10.4 Å². The van der Waals surface area contributed by atoms with Gasteiger partial charge in [0.1, 0.15) is 5.82 Å². The lowest BCUT2D eigenvalue weighted by atomic mass is 10.3. The second-order valence-electron chi connectivity index (χ2n) is 2.86. The van der Waals surface area contributed by atoms with Crippen molar-refractivity contribution in [2.45, 2.75) is 13.0 Å². The third kappa shape index (κ3) is 3.32. The van der Waals surface area contributed by atoms with Crippen LogP contribution in [0.1, 0.15) is 6.92 Å². The molecule has 1 aromatic carbocycles. The van der Waals surface area contributed by atoms with Crippen LogP contribution in [-0.4, -0.2) is 17.8 Å². The lowest BCUT2D eigenvalue weighted by Gasteiger charge is -2.08. The molecule has 4 heteroatoms. The Morgan fingerprint density at radius 2 is 2.31 bits per heavy atom. The highest BCUT2D eigenvalue weighted by atomic mass is 79.9. The van der Waals surface area contributed by atoms with Crippen molar-refractivity contribution in [1.82, 2.24) is 0 Å². The molecule has 0 bridgehead atoms. The van der Waals surface area contributed by atoms with E-state index in [1.165, 1.54) is 6.07 Å². The Balaban J connectivity index is 2.63. The van der Waals surface area contributed by atoms with Gasteiger partial charge in [-0.05, 0) is 41.1 Å². The molecule has 13 heavy (non-hydrogen) atoms. The predicted octanol–water partition coefficient (Wildman–Crippen LogP) is 2.38. The zero-order valence-corrected chi connectivity index (χ0v) is 8.81. The molecule has 0 aromatic heterocycles. The monoisotopic (exact) mass is 247 g/mol. The molecule has 0 aliphatic heterocycles. The number of anilines is 1. The number of aliphatic hydroxyl groups is 1. The molecule has 0 heterocycles. The number of rotatable bonds is 3. The van der Waals surface area contributed by atoms with Crippen LogP contribution in [0.25, 0.3) is 0 Å². The maximum Gasteiger partial charge on any atom is 0.137 e. The lowest BCUT2D eigenvalue weighted by molar-refractivity contribution is 0.208. The molecule has 2 nitrogen and oxygen atoms in total. The number of halogens is 2. The van der Waals surface area contributed by atoms with Gasteiger partial charge in [0.15, 0.2) is 0 Å². The van der Waals surface area contributed by atoms with E-state index in [0.29, 0.717) is 11.0 Å². The summed E-state index contributed by atoms with van der Waals surface area (Å²) in [5.74, 6) is -0.289. The van der Waals surface area contributed by atoms with Crippen molar-refractivity contribution in [3.8, 4) is 0 Å². The summed E-state index contributed by atoms with van der Waals surface area (Å²) in [6.45, 7) is 2.14. The Labute approximate surface area is 84.9 Å². The molecule has 1 rings (SSSR count). The summed E-state index contributed by atoms with van der Waals surface area (Å²) in [6.07, 6.45) is -0.413. The van der Waals surface area contributed by atoms with Gasteiger partial charge in [0.2, 0.25) is 0 Å². The van der Waals surface area contributed by atoms with Gasteiger partial charge in [0, 0.05) is 12.2 Å². The van der Waals surface area contributed by atoms with Crippen LogP contribution in [0, 0.1) is 5.82 Å². The van der Waals surface area contributed by atoms with Crippen LogP contribution in [0.5, 0.6) is 0 Å². The van der Waals surface area contributed by atoms with Crippen molar-refractivity contribution in [3.63, 3.8) is 0 Å². The molecule has 1 aromatic rings. The largest absolute Gasteiger partial charge is 0.392 e. The van der Waals surface area contributed by atoms with E-state index in [1.807, 2.05) is 0 Å². The van der Waals surface area contributed by atoms with Crippen molar-refractivity contribution in [1.29, 1.82) is 0 Å². The maximum absolute atomic E-state index is 12.8. The van der Waals surface area contributed by atoms with Crippen LogP contribution in [0.15, 0.2) is 22.7 Å². The summed E-state index contributed by atoms with van der Waals surface area (Å²) in [4.78, 5) is 0. The van der Waals surface area contributed by atoms with Crippen molar-refractivity contribution in [2.75, 3.05) is 11.9 Å². The Hall–Kier alpha value is -0.610. The number of benzene rings is 1. The molecule has 72 valence electrons. The van der Waals surface area contributed by atoms with E-state index in [2.05, 4.69) is 21.2 Å². The molecule has 0 saturated carbocycles. The van der Waals surface area contributed by atoms with Crippen molar-refractivity contribution < 1.29 is 9.50 Å². The number of nitrogens with one attached hydrogen (secondary N) is 1. The number of hydrogen-bond donors (Lipinski definition) is 2. The van der Waals surface area contributed by atoms with Gasteiger partial charge >= 0.3 is 0 Å². The summed E-state index contributed by atoms with van der Waals surface area (Å²) >= 11 is 3.08. The standard InChI is InChI=1S/C9H11BrFNO/c1-6(13)5-12-7-2-3-9(11)8(10)4-7/h2-4,6,12-13H,5H2,1H3/t6-/m0/s1. The van der Waals surface area contributed by atoms with E-state index in [1.54, 1.807) is 19.1 Å². The second kappa shape index (κ2) is 4.58. The Kier molecular flexibility index (Phi) is 3.69. The highest BCUT2D eigenvalue weighted by Gasteiger charge is 2.00. The molecule has 1 atom stereocenters. The van der Waals surface area contributed by atoms with Gasteiger partial charge in [-0.3, -0.25) is 0 Å². The Morgan fingerprint density at radius 3 is 2.85 bits per heavy atom. The molecule has 2 N–H and O–H groups in total. The van der Waals surface area contributed by atoms with E-state index in [4.69, 9.17) is 5.11 Å². The van der Waals surface area contributed by atoms with Crippen LogP contribution in [0.2, 0.25) is 0 Å². The number of aliphatic hydroxyl groups excluding tert-OH is 1. The van der Waals surface area contributed by atoms with Gasteiger partial charge in [-0.15, -0.1) is 0 Å². The van der Waals surface area contributed by atoms with Crippen molar-refractivity contribution in [3.05, 3.63) is 28.5 Å². The normalized spacial score (nSPS) is 12.6. The molecule has 0 aliphatic carbocycles. The van der Waals surface area contributed by atoms with E-state index < -0.39 is 6.10 Å². The fraction of sp³-hybridized carbons (Fsp3) is 0.333. The third-order valence-electron chi connectivity index (χ3n) is 1.52.